The molecular weight excluding hydrogens is 364 g/mol. The van der Waals surface area contributed by atoms with Crippen molar-refractivity contribution in [1.29, 1.82) is 0 Å². The van der Waals surface area contributed by atoms with E-state index in [0.717, 1.165) is 16.3 Å². The van der Waals surface area contributed by atoms with Gasteiger partial charge in [0, 0.05) is 32.7 Å². The molecule has 0 spiro atoms. The lowest BCUT2D eigenvalue weighted by atomic mass is 9.94. The lowest BCUT2D eigenvalue weighted by molar-refractivity contribution is 0.343. The molecule has 4 rings (SSSR count). The third-order valence-electron chi connectivity index (χ3n) is 5.17. The van der Waals surface area contributed by atoms with Gasteiger partial charge in [0.1, 0.15) is 23.0 Å². The standard InChI is InChI=1S/C25H24O4/c1-4-28-21-13-19(24(26)17-11-7-6-10-16(17)21)20-14-22(29-5-2)23-15(3)9-8-12-18(23)25(20)27/h6-14,26-27H,4-5H2,1-3H3. The second kappa shape index (κ2) is 7.55. The Bertz CT molecular complexity index is 1210. The number of aryl methyl sites for hydroxylation is 1. The zero-order chi connectivity index (χ0) is 20.5. The molecule has 0 fully saturated rings. The first-order chi connectivity index (χ1) is 14.1. The van der Waals surface area contributed by atoms with E-state index in [1.807, 2.05) is 63.2 Å². The topological polar surface area (TPSA) is 58.9 Å². The molecule has 4 aromatic carbocycles. The smallest absolute Gasteiger partial charge is 0.131 e. The fourth-order valence-corrected chi connectivity index (χ4v) is 3.89. The molecule has 4 aromatic rings. The summed E-state index contributed by atoms with van der Waals surface area (Å²) in [6.07, 6.45) is 0. The van der Waals surface area contributed by atoms with E-state index in [9.17, 15) is 10.2 Å². The summed E-state index contributed by atoms with van der Waals surface area (Å²) in [5.74, 6) is 1.56. The molecule has 29 heavy (non-hydrogen) atoms. The zero-order valence-corrected chi connectivity index (χ0v) is 16.8. The minimum atomic E-state index is 0.105. The summed E-state index contributed by atoms with van der Waals surface area (Å²) in [5.41, 5.74) is 2.04. The number of benzene rings is 4. The van der Waals surface area contributed by atoms with E-state index < -0.39 is 0 Å². The normalized spacial score (nSPS) is 11.1. The fourth-order valence-electron chi connectivity index (χ4n) is 3.89. The number of hydrogen-bond acceptors (Lipinski definition) is 4. The van der Waals surface area contributed by atoms with Gasteiger partial charge in [-0.1, -0.05) is 42.5 Å². The van der Waals surface area contributed by atoms with Gasteiger partial charge >= 0.3 is 0 Å². The van der Waals surface area contributed by atoms with Gasteiger partial charge in [0.25, 0.3) is 0 Å². The number of hydrogen-bond donors (Lipinski definition) is 2. The molecule has 0 radical (unpaired) electrons. The zero-order valence-electron chi connectivity index (χ0n) is 16.8. The maximum Gasteiger partial charge on any atom is 0.131 e. The molecule has 2 N–H and O–H groups in total. The first-order valence-electron chi connectivity index (χ1n) is 9.82. The predicted molar refractivity (Wildman–Crippen MR) is 117 cm³/mol. The van der Waals surface area contributed by atoms with E-state index in [4.69, 9.17) is 9.47 Å². The van der Waals surface area contributed by atoms with E-state index in [1.54, 1.807) is 12.1 Å². The van der Waals surface area contributed by atoms with Crippen LogP contribution in [0.4, 0.5) is 0 Å². The SMILES string of the molecule is CCOc1cc(-c2cc(OCC)c3c(C)cccc3c2O)c(O)c2ccccc12. The van der Waals surface area contributed by atoms with Gasteiger partial charge in [0.2, 0.25) is 0 Å². The van der Waals surface area contributed by atoms with E-state index in [0.29, 0.717) is 46.6 Å². The van der Waals surface area contributed by atoms with Gasteiger partial charge in [-0.15, -0.1) is 0 Å². The Morgan fingerprint density at radius 2 is 1.24 bits per heavy atom. The molecule has 0 aliphatic rings. The molecule has 0 saturated heterocycles. The summed E-state index contributed by atoms with van der Waals surface area (Å²) in [6, 6.07) is 16.9. The molecule has 0 aromatic heterocycles. The fraction of sp³-hybridized carbons (Fsp3) is 0.200. The van der Waals surface area contributed by atoms with Crippen LogP contribution in [-0.2, 0) is 0 Å². The molecule has 0 saturated carbocycles. The van der Waals surface area contributed by atoms with Gasteiger partial charge in [-0.25, -0.2) is 0 Å². The number of fused-ring (bicyclic) bond motifs is 2. The van der Waals surface area contributed by atoms with Crippen LogP contribution in [0.5, 0.6) is 23.0 Å². The van der Waals surface area contributed by atoms with Crippen molar-refractivity contribution in [2.24, 2.45) is 0 Å². The molecule has 0 bridgehead atoms. The van der Waals surface area contributed by atoms with Crippen LogP contribution in [-0.4, -0.2) is 23.4 Å². The summed E-state index contributed by atoms with van der Waals surface area (Å²) in [7, 11) is 0. The summed E-state index contributed by atoms with van der Waals surface area (Å²) >= 11 is 0. The van der Waals surface area contributed by atoms with Crippen LogP contribution in [0.25, 0.3) is 32.7 Å². The van der Waals surface area contributed by atoms with Crippen LogP contribution in [0.15, 0.2) is 54.6 Å². The molecule has 0 heterocycles. The van der Waals surface area contributed by atoms with Gasteiger partial charge in [0.05, 0.1) is 13.2 Å². The van der Waals surface area contributed by atoms with E-state index in [-0.39, 0.29) is 11.5 Å². The number of aromatic hydroxyl groups is 2. The van der Waals surface area contributed by atoms with Crippen LogP contribution in [0, 0.1) is 6.92 Å². The molecule has 148 valence electrons. The number of phenolic OH excluding ortho intramolecular Hbond substituents is 2. The minimum absolute atomic E-state index is 0.105. The summed E-state index contributed by atoms with van der Waals surface area (Å²) < 4.78 is 11.7. The Morgan fingerprint density at radius 3 is 1.93 bits per heavy atom. The van der Waals surface area contributed by atoms with Gasteiger partial charge in [0.15, 0.2) is 0 Å². The molecule has 0 aliphatic heterocycles. The predicted octanol–water partition coefficient (Wildman–Crippen LogP) is 6.18. The summed E-state index contributed by atoms with van der Waals surface area (Å²) in [5, 5.41) is 25.3. The van der Waals surface area contributed by atoms with Crippen molar-refractivity contribution < 1.29 is 19.7 Å². The van der Waals surface area contributed by atoms with Crippen LogP contribution >= 0.6 is 0 Å². The molecule has 4 heteroatoms. The van der Waals surface area contributed by atoms with Crippen molar-refractivity contribution in [3.05, 3.63) is 60.2 Å². The minimum Gasteiger partial charge on any atom is -0.507 e. The average Bonchev–Trinajstić information content (AvgIpc) is 2.73. The van der Waals surface area contributed by atoms with Crippen LogP contribution in [0.2, 0.25) is 0 Å². The Morgan fingerprint density at radius 1 is 0.690 bits per heavy atom. The Hall–Kier alpha value is -3.40. The first kappa shape index (κ1) is 18.9. The number of phenols is 2. The maximum atomic E-state index is 11.1. The summed E-state index contributed by atoms with van der Waals surface area (Å²) in [4.78, 5) is 0. The lowest BCUT2D eigenvalue weighted by Gasteiger charge is -2.18. The van der Waals surface area contributed by atoms with E-state index in [2.05, 4.69) is 0 Å². The number of ether oxygens (including phenoxy) is 2. The van der Waals surface area contributed by atoms with Gasteiger partial charge < -0.3 is 19.7 Å². The Kier molecular flexibility index (Phi) is 4.93. The van der Waals surface area contributed by atoms with Gasteiger partial charge in [-0.05, 0) is 38.5 Å². The molecule has 4 nitrogen and oxygen atoms in total. The van der Waals surface area contributed by atoms with Crippen LogP contribution in [0.3, 0.4) is 0 Å². The maximum absolute atomic E-state index is 11.1. The van der Waals surface area contributed by atoms with Gasteiger partial charge in [-0.3, -0.25) is 0 Å². The highest BCUT2D eigenvalue weighted by atomic mass is 16.5. The van der Waals surface area contributed by atoms with Gasteiger partial charge in [-0.2, -0.15) is 0 Å². The Labute approximate surface area is 169 Å². The van der Waals surface area contributed by atoms with Crippen molar-refractivity contribution in [1.82, 2.24) is 0 Å². The second-order valence-corrected chi connectivity index (χ2v) is 6.95. The second-order valence-electron chi connectivity index (χ2n) is 6.95. The molecule has 0 aliphatic carbocycles. The largest absolute Gasteiger partial charge is 0.507 e. The van der Waals surface area contributed by atoms with Crippen LogP contribution in [0.1, 0.15) is 19.4 Å². The quantitative estimate of drug-likeness (QED) is 0.429. The van der Waals surface area contributed by atoms with E-state index >= 15 is 0 Å². The van der Waals surface area contributed by atoms with Crippen molar-refractivity contribution in [2.75, 3.05) is 13.2 Å². The monoisotopic (exact) mass is 388 g/mol. The summed E-state index contributed by atoms with van der Waals surface area (Å²) in [6.45, 7) is 6.84. The average molecular weight is 388 g/mol. The highest BCUT2D eigenvalue weighted by Crippen LogP contribution is 2.48. The first-order valence-corrected chi connectivity index (χ1v) is 9.82. The molecule has 0 atom stereocenters. The molecule has 0 unspecified atom stereocenters. The molecular formula is C25H24O4. The third kappa shape index (κ3) is 3.11. The third-order valence-corrected chi connectivity index (χ3v) is 5.17. The van der Waals surface area contributed by atoms with Crippen molar-refractivity contribution in [3.8, 4) is 34.1 Å². The lowest BCUT2D eigenvalue weighted by Crippen LogP contribution is -1.97. The van der Waals surface area contributed by atoms with Crippen LogP contribution < -0.4 is 9.47 Å². The highest BCUT2D eigenvalue weighted by molar-refractivity contribution is 6.05. The molecule has 0 amide bonds. The van der Waals surface area contributed by atoms with Crippen molar-refractivity contribution >= 4 is 21.5 Å². The highest BCUT2D eigenvalue weighted by Gasteiger charge is 2.20. The Balaban J connectivity index is 2.08. The van der Waals surface area contributed by atoms with Crippen molar-refractivity contribution in [2.45, 2.75) is 20.8 Å². The number of rotatable bonds is 5. The van der Waals surface area contributed by atoms with E-state index in [1.165, 1.54) is 0 Å². The van der Waals surface area contributed by atoms with Crippen molar-refractivity contribution in [3.63, 3.8) is 0 Å².